The zero-order valence-corrected chi connectivity index (χ0v) is 11.1. The van der Waals surface area contributed by atoms with E-state index in [-0.39, 0.29) is 5.97 Å². The van der Waals surface area contributed by atoms with E-state index in [1.165, 1.54) is 0 Å². The van der Waals surface area contributed by atoms with E-state index < -0.39 is 5.54 Å². The van der Waals surface area contributed by atoms with Crippen LogP contribution in [0, 0.1) is 0 Å². The average Bonchev–Trinajstić information content (AvgIpc) is 3.23. The highest BCUT2D eigenvalue weighted by molar-refractivity contribution is 5.84. The molecule has 0 aromatic heterocycles. The van der Waals surface area contributed by atoms with E-state index in [0.29, 0.717) is 25.7 Å². The summed E-state index contributed by atoms with van der Waals surface area (Å²) in [6.45, 7) is 2.78. The fraction of sp³-hybridized carbons (Fsp3) is 0.533. The zero-order valence-electron chi connectivity index (χ0n) is 11.1. The van der Waals surface area contributed by atoms with Crippen LogP contribution in [0.4, 0.5) is 0 Å². The summed E-state index contributed by atoms with van der Waals surface area (Å²) >= 11 is 0. The van der Waals surface area contributed by atoms with Crippen molar-refractivity contribution in [2.75, 3.05) is 13.2 Å². The van der Waals surface area contributed by atoms with E-state index >= 15 is 0 Å². The topological polar surface area (TPSA) is 47.6 Å². The normalized spacial score (nSPS) is 25.3. The van der Waals surface area contributed by atoms with Crippen molar-refractivity contribution >= 4 is 5.97 Å². The smallest absolute Gasteiger partial charge is 0.331 e. The Morgan fingerprint density at radius 3 is 3.00 bits per heavy atom. The molecule has 0 saturated heterocycles. The van der Waals surface area contributed by atoms with Crippen molar-refractivity contribution in [1.82, 2.24) is 5.32 Å². The summed E-state index contributed by atoms with van der Waals surface area (Å²) in [6.07, 6.45) is 2.88. The maximum absolute atomic E-state index is 12.5. The van der Waals surface area contributed by atoms with E-state index in [2.05, 4.69) is 5.32 Å². The Morgan fingerprint density at radius 1 is 1.47 bits per heavy atom. The molecule has 0 spiro atoms. The molecule has 1 unspecified atom stereocenters. The number of para-hydroxylation sites is 1. The molecule has 1 aliphatic heterocycles. The summed E-state index contributed by atoms with van der Waals surface area (Å²) in [5.41, 5.74) is 0.179. The number of nitrogens with one attached hydrogen (secondary N) is 1. The van der Waals surface area contributed by atoms with Gasteiger partial charge in [-0.3, -0.25) is 5.32 Å². The highest BCUT2D eigenvalue weighted by Gasteiger charge is 2.48. The second-order valence-electron chi connectivity index (χ2n) is 5.14. The first-order valence-electron chi connectivity index (χ1n) is 6.93. The van der Waals surface area contributed by atoms with E-state index in [4.69, 9.17) is 9.47 Å². The molecule has 4 nitrogen and oxygen atoms in total. The van der Waals surface area contributed by atoms with Gasteiger partial charge < -0.3 is 9.47 Å². The van der Waals surface area contributed by atoms with Crippen LogP contribution >= 0.6 is 0 Å². The van der Waals surface area contributed by atoms with Crippen LogP contribution in [0.3, 0.4) is 0 Å². The first kappa shape index (κ1) is 12.5. The Labute approximate surface area is 113 Å². The third-order valence-electron chi connectivity index (χ3n) is 3.73. The lowest BCUT2D eigenvalue weighted by Gasteiger charge is -2.37. The SMILES string of the molecule is CCOC(=O)C1(NC2CC2)CCOc2ccccc21. The molecule has 2 aliphatic rings. The minimum Gasteiger partial charge on any atom is -0.493 e. The molecular weight excluding hydrogens is 242 g/mol. The Kier molecular flexibility index (Phi) is 3.19. The van der Waals surface area contributed by atoms with Crippen molar-refractivity contribution in [1.29, 1.82) is 0 Å². The molecule has 19 heavy (non-hydrogen) atoms. The summed E-state index contributed by atoms with van der Waals surface area (Å²) < 4.78 is 11.0. The van der Waals surface area contributed by atoms with Crippen molar-refractivity contribution in [3.8, 4) is 5.75 Å². The van der Waals surface area contributed by atoms with E-state index in [1.807, 2.05) is 31.2 Å². The van der Waals surface area contributed by atoms with Crippen molar-refractivity contribution < 1.29 is 14.3 Å². The van der Waals surface area contributed by atoms with Crippen LogP contribution < -0.4 is 10.1 Å². The van der Waals surface area contributed by atoms with Crippen molar-refractivity contribution in [3.05, 3.63) is 29.8 Å². The summed E-state index contributed by atoms with van der Waals surface area (Å²) in [5.74, 6) is 0.604. The highest BCUT2D eigenvalue weighted by Crippen LogP contribution is 2.40. The fourth-order valence-corrected chi connectivity index (χ4v) is 2.65. The van der Waals surface area contributed by atoms with Gasteiger partial charge in [0, 0.05) is 18.0 Å². The Hall–Kier alpha value is -1.55. The molecular formula is C15H19NO3. The van der Waals surface area contributed by atoms with Crippen LogP contribution in [0.25, 0.3) is 0 Å². The van der Waals surface area contributed by atoms with Crippen LogP contribution in [-0.2, 0) is 15.1 Å². The zero-order chi connectivity index (χ0) is 13.3. The van der Waals surface area contributed by atoms with Crippen molar-refractivity contribution in [3.63, 3.8) is 0 Å². The summed E-state index contributed by atoms with van der Waals surface area (Å²) in [7, 11) is 0. The molecule has 1 heterocycles. The lowest BCUT2D eigenvalue weighted by atomic mass is 9.84. The second-order valence-corrected chi connectivity index (χ2v) is 5.14. The number of carbonyl (C=O) groups is 1. The number of esters is 1. The Morgan fingerprint density at radius 2 is 2.26 bits per heavy atom. The summed E-state index contributed by atoms with van der Waals surface area (Å²) in [6, 6.07) is 8.17. The van der Waals surface area contributed by atoms with Gasteiger partial charge in [0.1, 0.15) is 11.3 Å². The fourth-order valence-electron chi connectivity index (χ4n) is 2.65. The molecule has 4 heteroatoms. The Bertz CT molecular complexity index is 484. The van der Waals surface area contributed by atoms with Gasteiger partial charge in [-0.2, -0.15) is 0 Å². The van der Waals surface area contributed by atoms with Gasteiger partial charge in [0.05, 0.1) is 13.2 Å². The van der Waals surface area contributed by atoms with Crippen LogP contribution in [-0.4, -0.2) is 25.2 Å². The standard InChI is InChI=1S/C15H19NO3/c1-2-18-14(17)15(16-11-7-8-11)9-10-19-13-6-4-3-5-12(13)15/h3-6,11,16H,2,7-10H2,1H3. The molecule has 1 fully saturated rings. The maximum Gasteiger partial charge on any atom is 0.331 e. The van der Waals surface area contributed by atoms with Gasteiger partial charge in [0.2, 0.25) is 0 Å². The number of ether oxygens (including phenoxy) is 2. The Balaban J connectivity index is 2.01. The van der Waals surface area contributed by atoms with E-state index in [0.717, 1.165) is 24.2 Å². The van der Waals surface area contributed by atoms with Gasteiger partial charge in [-0.1, -0.05) is 18.2 Å². The van der Waals surface area contributed by atoms with Crippen LogP contribution in [0.15, 0.2) is 24.3 Å². The first-order valence-corrected chi connectivity index (χ1v) is 6.93. The van der Waals surface area contributed by atoms with E-state index in [9.17, 15) is 4.79 Å². The predicted octanol–water partition coefficient (Wildman–Crippen LogP) is 1.98. The lowest BCUT2D eigenvalue weighted by molar-refractivity contribution is -0.153. The third kappa shape index (κ3) is 2.21. The molecule has 1 saturated carbocycles. The second kappa shape index (κ2) is 4.85. The van der Waals surface area contributed by atoms with E-state index in [1.54, 1.807) is 0 Å². The number of benzene rings is 1. The van der Waals surface area contributed by atoms with Gasteiger partial charge >= 0.3 is 5.97 Å². The average molecular weight is 261 g/mol. The van der Waals surface area contributed by atoms with Gasteiger partial charge in [-0.15, -0.1) is 0 Å². The minimum absolute atomic E-state index is 0.183. The predicted molar refractivity (Wildman–Crippen MR) is 71.0 cm³/mol. The molecule has 1 N–H and O–H groups in total. The molecule has 102 valence electrons. The van der Waals surface area contributed by atoms with Gasteiger partial charge in [0.15, 0.2) is 0 Å². The summed E-state index contributed by atoms with van der Waals surface area (Å²) in [5, 5.41) is 3.49. The van der Waals surface area contributed by atoms with Crippen LogP contribution in [0.1, 0.15) is 31.7 Å². The first-order chi connectivity index (χ1) is 9.26. The number of carbonyl (C=O) groups excluding carboxylic acids is 1. The number of hydrogen-bond acceptors (Lipinski definition) is 4. The number of hydrogen-bond donors (Lipinski definition) is 1. The summed E-state index contributed by atoms with van der Waals surface area (Å²) in [4.78, 5) is 12.5. The number of rotatable bonds is 4. The van der Waals surface area contributed by atoms with Gasteiger partial charge in [0.25, 0.3) is 0 Å². The largest absolute Gasteiger partial charge is 0.493 e. The van der Waals surface area contributed by atoms with Crippen molar-refractivity contribution in [2.24, 2.45) is 0 Å². The quantitative estimate of drug-likeness (QED) is 0.842. The third-order valence-corrected chi connectivity index (χ3v) is 3.73. The monoisotopic (exact) mass is 261 g/mol. The molecule has 1 aliphatic carbocycles. The lowest BCUT2D eigenvalue weighted by Crippen LogP contribution is -2.53. The molecule has 1 aromatic carbocycles. The van der Waals surface area contributed by atoms with Gasteiger partial charge in [-0.25, -0.2) is 4.79 Å². The van der Waals surface area contributed by atoms with Gasteiger partial charge in [-0.05, 0) is 25.8 Å². The molecule has 0 bridgehead atoms. The molecule has 3 rings (SSSR count). The molecule has 0 amide bonds. The minimum atomic E-state index is -0.730. The molecule has 1 atom stereocenters. The van der Waals surface area contributed by atoms with Crippen LogP contribution in [0.5, 0.6) is 5.75 Å². The van der Waals surface area contributed by atoms with Crippen molar-refractivity contribution in [2.45, 2.75) is 37.8 Å². The maximum atomic E-state index is 12.5. The highest BCUT2D eigenvalue weighted by atomic mass is 16.5. The molecule has 1 aromatic rings. The molecule has 0 radical (unpaired) electrons. The number of fused-ring (bicyclic) bond motifs is 1. The van der Waals surface area contributed by atoms with Crippen LogP contribution in [0.2, 0.25) is 0 Å².